The van der Waals surface area contributed by atoms with Gasteiger partial charge < -0.3 is 5.11 Å². The zero-order valence-electron chi connectivity index (χ0n) is 10.3. The van der Waals surface area contributed by atoms with E-state index in [0.29, 0.717) is 6.54 Å². The minimum atomic E-state index is -0.678. The van der Waals surface area contributed by atoms with Crippen molar-refractivity contribution in [3.05, 3.63) is 29.6 Å². The number of carbonyl (C=O) groups is 1. The van der Waals surface area contributed by atoms with Crippen molar-refractivity contribution >= 4 is 5.97 Å². The zero-order valence-corrected chi connectivity index (χ0v) is 10.3. The SMILES string of the molecule is Cc1ccncc1CN1C[C@@H](C)[C@H](C(=O)O)C1. The number of aryl methyl sites for hydroxylation is 1. The molecule has 1 aromatic heterocycles. The summed E-state index contributed by atoms with van der Waals surface area (Å²) in [6.07, 6.45) is 3.65. The number of likely N-dealkylation sites (tertiary alicyclic amines) is 1. The molecule has 2 rings (SSSR count). The Bertz CT molecular complexity index is 420. The smallest absolute Gasteiger partial charge is 0.308 e. The van der Waals surface area contributed by atoms with Crippen LogP contribution in [0, 0.1) is 18.8 Å². The second-order valence-electron chi connectivity index (χ2n) is 4.92. The Kier molecular flexibility index (Phi) is 3.43. The second kappa shape index (κ2) is 4.84. The van der Waals surface area contributed by atoms with Gasteiger partial charge in [0.15, 0.2) is 0 Å². The minimum Gasteiger partial charge on any atom is -0.481 e. The summed E-state index contributed by atoms with van der Waals surface area (Å²) >= 11 is 0. The minimum absolute atomic E-state index is 0.226. The largest absolute Gasteiger partial charge is 0.481 e. The van der Waals surface area contributed by atoms with E-state index in [9.17, 15) is 4.79 Å². The maximum absolute atomic E-state index is 11.0. The Morgan fingerprint density at radius 3 is 2.94 bits per heavy atom. The zero-order chi connectivity index (χ0) is 12.4. The molecule has 1 aliphatic heterocycles. The molecule has 0 bridgehead atoms. The molecular weight excluding hydrogens is 216 g/mol. The lowest BCUT2D eigenvalue weighted by atomic mass is 9.99. The van der Waals surface area contributed by atoms with Crippen molar-refractivity contribution in [2.45, 2.75) is 20.4 Å². The fourth-order valence-electron chi connectivity index (χ4n) is 2.42. The number of carboxylic acid groups (broad SMARTS) is 1. The van der Waals surface area contributed by atoms with Crippen molar-refractivity contribution < 1.29 is 9.90 Å². The molecule has 0 spiro atoms. The van der Waals surface area contributed by atoms with Gasteiger partial charge >= 0.3 is 5.97 Å². The lowest BCUT2D eigenvalue weighted by molar-refractivity contribution is -0.142. The van der Waals surface area contributed by atoms with Crippen molar-refractivity contribution in [3.63, 3.8) is 0 Å². The van der Waals surface area contributed by atoms with Crippen molar-refractivity contribution in [2.75, 3.05) is 13.1 Å². The molecule has 0 radical (unpaired) electrons. The van der Waals surface area contributed by atoms with Crippen LogP contribution in [0.3, 0.4) is 0 Å². The molecule has 1 N–H and O–H groups in total. The first-order valence-corrected chi connectivity index (χ1v) is 5.92. The highest BCUT2D eigenvalue weighted by atomic mass is 16.4. The molecule has 0 saturated carbocycles. The van der Waals surface area contributed by atoms with Crippen LogP contribution in [0.15, 0.2) is 18.5 Å². The quantitative estimate of drug-likeness (QED) is 0.862. The van der Waals surface area contributed by atoms with Crippen molar-refractivity contribution in [3.8, 4) is 0 Å². The van der Waals surface area contributed by atoms with Crippen molar-refractivity contribution in [2.24, 2.45) is 11.8 Å². The maximum atomic E-state index is 11.0. The molecule has 1 fully saturated rings. The van der Waals surface area contributed by atoms with E-state index in [4.69, 9.17) is 5.11 Å². The first-order valence-electron chi connectivity index (χ1n) is 5.92. The molecule has 1 aliphatic rings. The Hall–Kier alpha value is -1.42. The summed E-state index contributed by atoms with van der Waals surface area (Å²) < 4.78 is 0. The van der Waals surface area contributed by atoms with E-state index in [-0.39, 0.29) is 11.8 Å². The average Bonchev–Trinajstić information content (AvgIpc) is 2.63. The monoisotopic (exact) mass is 234 g/mol. The fourth-order valence-corrected chi connectivity index (χ4v) is 2.42. The Balaban J connectivity index is 2.03. The normalized spacial score (nSPS) is 25.1. The van der Waals surface area contributed by atoms with Gasteiger partial charge in [-0.05, 0) is 30.0 Å². The maximum Gasteiger partial charge on any atom is 0.308 e. The number of aliphatic carboxylic acids is 1. The summed E-state index contributed by atoms with van der Waals surface area (Å²) in [5.74, 6) is -0.681. The number of carboxylic acids is 1. The number of hydrogen-bond acceptors (Lipinski definition) is 3. The van der Waals surface area contributed by atoms with E-state index in [1.54, 1.807) is 6.20 Å². The number of hydrogen-bond donors (Lipinski definition) is 1. The molecule has 0 amide bonds. The van der Waals surface area contributed by atoms with Gasteiger partial charge in [-0.2, -0.15) is 0 Å². The van der Waals surface area contributed by atoms with Gasteiger partial charge in [-0.15, -0.1) is 0 Å². The molecule has 0 aliphatic carbocycles. The van der Waals surface area contributed by atoms with Gasteiger partial charge in [0.25, 0.3) is 0 Å². The van der Waals surface area contributed by atoms with Crippen molar-refractivity contribution in [1.29, 1.82) is 0 Å². The molecule has 2 atom stereocenters. The van der Waals surface area contributed by atoms with E-state index >= 15 is 0 Å². The molecular formula is C13H18N2O2. The summed E-state index contributed by atoms with van der Waals surface area (Å²) in [6.45, 7) is 6.37. The average molecular weight is 234 g/mol. The van der Waals surface area contributed by atoms with Crippen LogP contribution in [0.25, 0.3) is 0 Å². The van der Waals surface area contributed by atoms with Gasteiger partial charge in [0.05, 0.1) is 5.92 Å². The van der Waals surface area contributed by atoms with E-state index in [1.165, 1.54) is 11.1 Å². The Morgan fingerprint density at radius 2 is 2.35 bits per heavy atom. The fraction of sp³-hybridized carbons (Fsp3) is 0.538. The molecule has 0 aromatic carbocycles. The topological polar surface area (TPSA) is 53.4 Å². The summed E-state index contributed by atoms with van der Waals surface area (Å²) in [4.78, 5) is 17.4. The van der Waals surface area contributed by atoms with E-state index < -0.39 is 5.97 Å². The van der Waals surface area contributed by atoms with E-state index in [0.717, 1.165) is 13.1 Å². The van der Waals surface area contributed by atoms with Gasteiger partial charge in [-0.3, -0.25) is 14.7 Å². The first kappa shape index (κ1) is 12.0. The van der Waals surface area contributed by atoms with Crippen LogP contribution in [-0.2, 0) is 11.3 Å². The second-order valence-corrected chi connectivity index (χ2v) is 4.92. The Morgan fingerprint density at radius 1 is 1.59 bits per heavy atom. The van der Waals surface area contributed by atoms with Gasteiger partial charge in [0.1, 0.15) is 0 Å². The highest BCUT2D eigenvalue weighted by Gasteiger charge is 2.34. The van der Waals surface area contributed by atoms with Crippen LogP contribution in [0.4, 0.5) is 0 Å². The van der Waals surface area contributed by atoms with Gasteiger partial charge in [-0.25, -0.2) is 0 Å². The summed E-state index contributed by atoms with van der Waals surface area (Å²) in [6, 6.07) is 1.99. The van der Waals surface area contributed by atoms with E-state index in [1.807, 2.05) is 19.2 Å². The number of aromatic nitrogens is 1. The third-order valence-electron chi connectivity index (χ3n) is 3.55. The third kappa shape index (κ3) is 2.64. The molecule has 17 heavy (non-hydrogen) atoms. The third-order valence-corrected chi connectivity index (χ3v) is 3.55. The highest BCUT2D eigenvalue weighted by molar-refractivity contribution is 5.71. The van der Waals surface area contributed by atoms with Crippen LogP contribution in [0.2, 0.25) is 0 Å². The molecule has 2 heterocycles. The predicted octanol–water partition coefficient (Wildman–Crippen LogP) is 1.54. The van der Waals surface area contributed by atoms with Crippen LogP contribution in [0.5, 0.6) is 0 Å². The lowest BCUT2D eigenvalue weighted by Gasteiger charge is -2.16. The van der Waals surface area contributed by atoms with Crippen LogP contribution in [-0.4, -0.2) is 34.0 Å². The highest BCUT2D eigenvalue weighted by Crippen LogP contribution is 2.25. The summed E-state index contributed by atoms with van der Waals surface area (Å²) in [5, 5.41) is 9.08. The predicted molar refractivity (Wildman–Crippen MR) is 64.5 cm³/mol. The van der Waals surface area contributed by atoms with Crippen molar-refractivity contribution in [1.82, 2.24) is 9.88 Å². The lowest BCUT2D eigenvalue weighted by Crippen LogP contribution is -2.23. The molecule has 4 nitrogen and oxygen atoms in total. The molecule has 92 valence electrons. The standard InChI is InChI=1S/C13H18N2O2/c1-9-3-4-14-5-11(9)7-15-6-10(2)12(8-15)13(16)17/h3-5,10,12H,6-8H2,1-2H3,(H,16,17)/t10-,12-/m1/s1. The molecule has 4 heteroatoms. The molecule has 1 saturated heterocycles. The number of rotatable bonds is 3. The number of nitrogens with zero attached hydrogens (tertiary/aromatic N) is 2. The first-order chi connectivity index (χ1) is 8.08. The summed E-state index contributed by atoms with van der Waals surface area (Å²) in [5.41, 5.74) is 2.40. The Labute approximate surface area is 101 Å². The van der Waals surface area contributed by atoms with Crippen LogP contribution >= 0.6 is 0 Å². The van der Waals surface area contributed by atoms with E-state index in [2.05, 4.69) is 16.8 Å². The van der Waals surface area contributed by atoms with Gasteiger partial charge in [0.2, 0.25) is 0 Å². The van der Waals surface area contributed by atoms with Crippen LogP contribution < -0.4 is 0 Å². The van der Waals surface area contributed by atoms with Gasteiger partial charge in [0, 0.05) is 32.0 Å². The molecule has 0 unspecified atom stereocenters. The molecule has 1 aromatic rings. The van der Waals surface area contributed by atoms with Crippen LogP contribution in [0.1, 0.15) is 18.1 Å². The van der Waals surface area contributed by atoms with Gasteiger partial charge in [-0.1, -0.05) is 6.92 Å². The summed E-state index contributed by atoms with van der Waals surface area (Å²) in [7, 11) is 0. The number of pyridine rings is 1.